The molecule has 0 aromatic rings. The highest BCUT2D eigenvalue weighted by Gasteiger charge is 1.92. The summed E-state index contributed by atoms with van der Waals surface area (Å²) in [4.78, 5) is 0. The molecule has 1 unspecified atom stereocenters. The van der Waals surface area contributed by atoms with Crippen molar-refractivity contribution in [3.8, 4) is 0 Å². The van der Waals surface area contributed by atoms with Crippen LogP contribution in [0.2, 0.25) is 0 Å². The predicted octanol–water partition coefficient (Wildman–Crippen LogP) is -0.561. The molecule has 0 aliphatic carbocycles. The molecule has 0 rings (SSSR count). The lowest BCUT2D eigenvalue weighted by Gasteiger charge is -1.91. The van der Waals surface area contributed by atoms with E-state index in [0.29, 0.717) is 6.42 Å². The first-order chi connectivity index (χ1) is 3.66. The maximum absolute atomic E-state index is 9.75. The zero-order chi connectivity index (χ0) is 6.57. The molecule has 0 aromatic heterocycles. The Morgan fingerprint density at radius 2 is 2.25 bits per heavy atom. The minimum absolute atomic E-state index is 0.438. The number of hydrogen-bond acceptors (Lipinski definition) is 3. The van der Waals surface area contributed by atoms with Crippen molar-refractivity contribution in [2.24, 2.45) is 0 Å². The first kappa shape index (κ1) is 7.65. The zero-order valence-corrected chi connectivity index (χ0v) is 5.35. The van der Waals surface area contributed by atoms with Gasteiger partial charge in [0.25, 0.3) is 0 Å². The van der Waals surface area contributed by atoms with Crippen LogP contribution in [0.3, 0.4) is 0 Å². The quantitative estimate of drug-likeness (QED) is 0.518. The van der Waals surface area contributed by atoms with Crippen molar-refractivity contribution in [1.29, 1.82) is 0 Å². The van der Waals surface area contributed by atoms with Gasteiger partial charge >= 0.3 is 0 Å². The van der Waals surface area contributed by atoms with Gasteiger partial charge < -0.3 is 5.11 Å². The fourth-order valence-corrected chi connectivity index (χ4v) is 0.673. The van der Waals surface area contributed by atoms with Gasteiger partial charge in [-0.05, 0) is 6.42 Å². The normalized spacial score (nSPS) is 12.8. The van der Waals surface area contributed by atoms with Crippen molar-refractivity contribution in [3.63, 3.8) is 0 Å². The van der Waals surface area contributed by atoms with Crippen LogP contribution in [0.25, 0.3) is 0 Å². The summed E-state index contributed by atoms with van der Waals surface area (Å²) < 4.78 is 19.5. The molecule has 0 spiro atoms. The van der Waals surface area contributed by atoms with Crippen molar-refractivity contribution in [3.05, 3.63) is 0 Å². The highest BCUT2D eigenvalue weighted by Crippen LogP contribution is 1.81. The Balaban J connectivity index is 3.89. The summed E-state index contributed by atoms with van der Waals surface area (Å²) in [5.74, 6) is 0. The van der Waals surface area contributed by atoms with Gasteiger partial charge in [0.15, 0.2) is 0 Å². The van der Waals surface area contributed by atoms with Gasteiger partial charge in [0, 0.05) is 0 Å². The van der Waals surface area contributed by atoms with E-state index in [1.807, 2.05) is 0 Å². The summed E-state index contributed by atoms with van der Waals surface area (Å²) >= 11 is 0. The molecule has 0 radical (unpaired) electrons. The minimum Gasteiger partial charge on any atom is -0.388 e. The Bertz CT molecular complexity index is 160. The molecule has 0 amide bonds. The van der Waals surface area contributed by atoms with Crippen LogP contribution in [0.4, 0.5) is 0 Å². The third-order valence-electron chi connectivity index (χ3n) is 0.686. The number of hydrogen-bond donors (Lipinski definition) is 1. The van der Waals surface area contributed by atoms with Crippen LogP contribution in [0, 0.1) is 0 Å². The summed E-state index contributed by atoms with van der Waals surface area (Å²) in [7, 11) is -2.22. The average Bonchev–Trinajstić information content (AvgIpc) is 1.65. The second-order valence-corrected chi connectivity index (χ2v) is 2.17. The minimum atomic E-state index is -2.22. The Morgan fingerprint density at radius 1 is 1.75 bits per heavy atom. The van der Waals surface area contributed by atoms with Crippen LogP contribution in [0.5, 0.6) is 0 Å². The van der Waals surface area contributed by atoms with E-state index in [1.165, 1.54) is 0 Å². The van der Waals surface area contributed by atoms with Crippen LogP contribution < -0.4 is 0 Å². The maximum atomic E-state index is 9.75. The van der Waals surface area contributed by atoms with E-state index >= 15 is 0 Å². The van der Waals surface area contributed by atoms with Gasteiger partial charge in [0.1, 0.15) is 0 Å². The SMILES string of the molecule is CCC(O)C=S(=O)=O. The average molecular weight is 136 g/mol. The Kier molecular flexibility index (Phi) is 3.47. The third kappa shape index (κ3) is 3.83. The van der Waals surface area contributed by atoms with E-state index in [2.05, 4.69) is 0 Å². The van der Waals surface area contributed by atoms with Gasteiger partial charge in [-0.2, -0.15) is 8.42 Å². The molecule has 48 valence electrons. The van der Waals surface area contributed by atoms with Crippen LogP contribution in [0.15, 0.2) is 0 Å². The molecule has 0 aliphatic rings. The summed E-state index contributed by atoms with van der Waals surface area (Å²) in [6.07, 6.45) is -0.373. The van der Waals surface area contributed by atoms with Crippen molar-refractivity contribution < 1.29 is 13.5 Å². The first-order valence-electron chi connectivity index (χ1n) is 2.28. The molecule has 0 heterocycles. The Hall–Kier alpha value is -0.350. The number of aliphatic hydroxyl groups excluding tert-OH is 1. The van der Waals surface area contributed by atoms with Crippen molar-refractivity contribution in [1.82, 2.24) is 0 Å². The topological polar surface area (TPSA) is 54.4 Å². The highest BCUT2D eigenvalue weighted by atomic mass is 32.2. The smallest absolute Gasteiger partial charge is 0.212 e. The fraction of sp³-hybridized carbons (Fsp3) is 0.750. The van der Waals surface area contributed by atoms with E-state index < -0.39 is 16.4 Å². The first-order valence-corrected chi connectivity index (χ1v) is 3.41. The molecule has 8 heavy (non-hydrogen) atoms. The van der Waals surface area contributed by atoms with Gasteiger partial charge in [-0.25, -0.2) is 0 Å². The molecule has 0 fully saturated rings. The number of rotatable bonds is 2. The maximum Gasteiger partial charge on any atom is 0.212 e. The van der Waals surface area contributed by atoms with Crippen LogP contribution in [0.1, 0.15) is 13.3 Å². The lowest BCUT2D eigenvalue weighted by atomic mass is 10.3. The fourth-order valence-electron chi connectivity index (χ4n) is 0.224. The van der Waals surface area contributed by atoms with E-state index in [-0.39, 0.29) is 0 Å². The molecule has 1 atom stereocenters. The molecule has 0 aromatic carbocycles. The molecule has 4 heteroatoms. The summed E-state index contributed by atoms with van der Waals surface area (Å²) in [5.41, 5.74) is 0. The van der Waals surface area contributed by atoms with E-state index in [4.69, 9.17) is 5.11 Å². The monoisotopic (exact) mass is 136 g/mol. The standard InChI is InChI=1S/C4H8O3S/c1-2-4(5)3-8(6)7/h3-5H,2H2,1H3. The van der Waals surface area contributed by atoms with Crippen molar-refractivity contribution in [2.45, 2.75) is 19.4 Å². The Labute approximate surface area is 49.5 Å². The molecule has 0 saturated heterocycles. The zero-order valence-electron chi connectivity index (χ0n) is 4.53. The number of aliphatic hydroxyl groups is 1. The Morgan fingerprint density at radius 3 is 2.38 bits per heavy atom. The van der Waals surface area contributed by atoms with Gasteiger partial charge in [-0.3, -0.25) is 0 Å². The highest BCUT2D eigenvalue weighted by molar-refractivity contribution is 7.71. The molecular formula is C4H8O3S. The summed E-state index contributed by atoms with van der Waals surface area (Å²) in [5, 5.41) is 9.44. The van der Waals surface area contributed by atoms with E-state index in [9.17, 15) is 8.42 Å². The predicted molar refractivity (Wildman–Crippen MR) is 31.3 cm³/mol. The lowest BCUT2D eigenvalue weighted by Crippen LogP contribution is -2.05. The van der Waals surface area contributed by atoms with Crippen LogP contribution in [-0.4, -0.2) is 25.0 Å². The van der Waals surface area contributed by atoms with Crippen molar-refractivity contribution in [2.75, 3.05) is 0 Å². The lowest BCUT2D eigenvalue weighted by molar-refractivity contribution is 0.244. The van der Waals surface area contributed by atoms with E-state index in [1.54, 1.807) is 6.92 Å². The van der Waals surface area contributed by atoms with Crippen molar-refractivity contribution >= 4 is 15.7 Å². The van der Waals surface area contributed by atoms with Gasteiger partial charge in [-0.1, -0.05) is 6.92 Å². The second-order valence-electron chi connectivity index (χ2n) is 1.37. The largest absolute Gasteiger partial charge is 0.388 e. The van der Waals surface area contributed by atoms with Crippen LogP contribution in [-0.2, 0) is 10.3 Å². The van der Waals surface area contributed by atoms with Gasteiger partial charge in [0.2, 0.25) is 10.3 Å². The molecule has 0 aliphatic heterocycles. The van der Waals surface area contributed by atoms with Crippen LogP contribution >= 0.6 is 0 Å². The van der Waals surface area contributed by atoms with Gasteiger partial charge in [-0.15, -0.1) is 0 Å². The molecule has 3 nitrogen and oxygen atoms in total. The third-order valence-corrected chi connectivity index (χ3v) is 1.22. The molecular weight excluding hydrogens is 128 g/mol. The second kappa shape index (κ2) is 3.63. The summed E-state index contributed by atoms with van der Waals surface area (Å²) in [6, 6.07) is 0. The summed E-state index contributed by atoms with van der Waals surface area (Å²) in [6.45, 7) is 1.70. The molecule has 0 saturated carbocycles. The van der Waals surface area contributed by atoms with Gasteiger partial charge in [0.05, 0.1) is 11.5 Å². The molecule has 1 N–H and O–H groups in total. The molecule has 0 bridgehead atoms. The van der Waals surface area contributed by atoms with E-state index in [0.717, 1.165) is 5.37 Å².